The predicted octanol–water partition coefficient (Wildman–Crippen LogP) is 2.27. The lowest BCUT2D eigenvalue weighted by Crippen LogP contribution is -2.49. The van der Waals surface area contributed by atoms with Crippen LogP contribution in [0.4, 0.5) is 0 Å². The van der Waals surface area contributed by atoms with Crippen molar-refractivity contribution in [2.45, 2.75) is 25.7 Å². The fourth-order valence-corrected chi connectivity index (χ4v) is 4.11. The molecule has 118 valence electrons. The zero-order valence-corrected chi connectivity index (χ0v) is 13.3. The maximum Gasteiger partial charge on any atom is 0.232 e. The Morgan fingerprint density at radius 2 is 2.00 bits per heavy atom. The fraction of sp³-hybridized carbons (Fsp3) is 0.467. The van der Waals surface area contributed by atoms with E-state index < -0.39 is 10.0 Å². The summed E-state index contributed by atoms with van der Waals surface area (Å²) in [5.41, 5.74) is 0.893. The molecule has 0 N–H and O–H groups in total. The maximum absolute atomic E-state index is 12.0. The average molecular weight is 321 g/mol. The zero-order valence-electron chi connectivity index (χ0n) is 12.5. The van der Waals surface area contributed by atoms with Crippen molar-refractivity contribution in [3.05, 3.63) is 36.2 Å². The van der Waals surface area contributed by atoms with Gasteiger partial charge in [-0.2, -0.15) is 4.98 Å². The van der Waals surface area contributed by atoms with Crippen molar-refractivity contribution >= 4 is 10.0 Å². The third-order valence-electron chi connectivity index (χ3n) is 3.82. The summed E-state index contributed by atoms with van der Waals surface area (Å²) in [7, 11) is -3.13. The monoisotopic (exact) mass is 321 g/mol. The van der Waals surface area contributed by atoms with Gasteiger partial charge in [0.2, 0.25) is 21.7 Å². The molecule has 2 aromatic rings. The van der Waals surface area contributed by atoms with E-state index in [1.165, 1.54) is 4.31 Å². The van der Waals surface area contributed by atoms with Crippen LogP contribution in [0.2, 0.25) is 0 Å². The van der Waals surface area contributed by atoms with E-state index in [0.717, 1.165) is 12.0 Å². The molecule has 2 heterocycles. The largest absolute Gasteiger partial charge is 0.339 e. The van der Waals surface area contributed by atoms with Crippen LogP contribution in [0.15, 0.2) is 34.9 Å². The summed E-state index contributed by atoms with van der Waals surface area (Å²) in [5, 5.41) is 3.97. The summed E-state index contributed by atoms with van der Waals surface area (Å²) in [6.45, 7) is 2.85. The molecule has 1 aliphatic heterocycles. The molecular weight excluding hydrogens is 302 g/mol. The van der Waals surface area contributed by atoms with Crippen LogP contribution in [0.5, 0.6) is 0 Å². The Balaban J connectivity index is 1.63. The number of rotatable bonds is 6. The number of unbranched alkanes of at least 4 members (excludes halogenated alkanes) is 1. The van der Waals surface area contributed by atoms with Crippen molar-refractivity contribution < 1.29 is 12.9 Å². The molecule has 0 aliphatic carbocycles. The molecule has 6 nitrogen and oxygen atoms in total. The van der Waals surface area contributed by atoms with Crippen LogP contribution < -0.4 is 0 Å². The molecule has 22 heavy (non-hydrogen) atoms. The normalized spacial score (nSPS) is 16.6. The lowest BCUT2D eigenvalue weighted by Gasteiger charge is -2.35. The predicted molar refractivity (Wildman–Crippen MR) is 82.7 cm³/mol. The van der Waals surface area contributed by atoms with E-state index in [9.17, 15) is 8.42 Å². The molecule has 0 atom stereocenters. The Morgan fingerprint density at radius 3 is 2.68 bits per heavy atom. The van der Waals surface area contributed by atoms with Crippen molar-refractivity contribution in [3.8, 4) is 11.4 Å². The minimum Gasteiger partial charge on any atom is -0.339 e. The molecule has 1 aromatic heterocycles. The summed E-state index contributed by atoms with van der Waals surface area (Å²) in [6, 6.07) is 9.58. The fourth-order valence-electron chi connectivity index (χ4n) is 2.38. The highest BCUT2D eigenvalue weighted by Gasteiger charge is 2.39. The molecule has 0 radical (unpaired) electrons. The second kappa shape index (κ2) is 6.18. The third-order valence-corrected chi connectivity index (χ3v) is 5.71. The highest BCUT2D eigenvalue weighted by Crippen LogP contribution is 2.29. The van der Waals surface area contributed by atoms with Crippen molar-refractivity contribution in [2.75, 3.05) is 18.8 Å². The van der Waals surface area contributed by atoms with Crippen LogP contribution in [-0.2, 0) is 10.0 Å². The second-order valence-electron chi connectivity index (χ2n) is 5.51. The molecule has 1 aromatic carbocycles. The van der Waals surface area contributed by atoms with Gasteiger partial charge < -0.3 is 4.52 Å². The van der Waals surface area contributed by atoms with E-state index in [4.69, 9.17) is 4.52 Å². The standard InChI is InChI=1S/C15H19N3O3S/c1-2-3-9-22(19,20)18-10-13(11-18)15-16-14(17-21-15)12-7-5-4-6-8-12/h4-8,13H,2-3,9-11H2,1H3. The SMILES string of the molecule is CCCCS(=O)(=O)N1CC(c2nc(-c3ccccc3)no2)C1. The number of hydrogen-bond acceptors (Lipinski definition) is 5. The van der Waals surface area contributed by atoms with Gasteiger partial charge in [-0.15, -0.1) is 0 Å². The minimum atomic E-state index is -3.13. The van der Waals surface area contributed by atoms with E-state index in [1.807, 2.05) is 37.3 Å². The van der Waals surface area contributed by atoms with Gasteiger partial charge in [0, 0.05) is 18.7 Å². The average Bonchev–Trinajstić information content (AvgIpc) is 2.94. The Kier molecular flexibility index (Phi) is 4.26. The molecular formula is C15H19N3O3S. The molecule has 7 heteroatoms. The van der Waals surface area contributed by atoms with Gasteiger partial charge >= 0.3 is 0 Å². The highest BCUT2D eigenvalue weighted by atomic mass is 32.2. The second-order valence-corrected chi connectivity index (χ2v) is 7.59. The van der Waals surface area contributed by atoms with Crippen LogP contribution in [0, 0.1) is 0 Å². The molecule has 0 spiro atoms. The quantitative estimate of drug-likeness (QED) is 0.815. The lowest BCUT2D eigenvalue weighted by molar-refractivity contribution is 0.216. The zero-order chi connectivity index (χ0) is 15.6. The molecule has 1 saturated heterocycles. The maximum atomic E-state index is 12.0. The summed E-state index contributed by atoms with van der Waals surface area (Å²) in [5.74, 6) is 1.28. The number of benzene rings is 1. The summed E-state index contributed by atoms with van der Waals surface area (Å²) >= 11 is 0. The Labute approximate surface area is 130 Å². The first kappa shape index (κ1) is 15.2. The lowest BCUT2D eigenvalue weighted by atomic mass is 10.0. The van der Waals surface area contributed by atoms with Gasteiger partial charge in [0.15, 0.2) is 0 Å². The smallest absolute Gasteiger partial charge is 0.232 e. The van der Waals surface area contributed by atoms with Crippen LogP contribution in [-0.4, -0.2) is 41.7 Å². The Morgan fingerprint density at radius 1 is 1.27 bits per heavy atom. The first-order chi connectivity index (χ1) is 10.6. The van der Waals surface area contributed by atoms with Crippen LogP contribution in [0.3, 0.4) is 0 Å². The van der Waals surface area contributed by atoms with E-state index in [0.29, 0.717) is 31.2 Å². The Hall–Kier alpha value is -1.73. The van der Waals surface area contributed by atoms with Crippen molar-refractivity contribution in [1.82, 2.24) is 14.4 Å². The van der Waals surface area contributed by atoms with Crippen molar-refractivity contribution in [2.24, 2.45) is 0 Å². The minimum absolute atomic E-state index is 0.00126. The summed E-state index contributed by atoms with van der Waals surface area (Å²) in [6.07, 6.45) is 1.57. The summed E-state index contributed by atoms with van der Waals surface area (Å²) in [4.78, 5) is 4.38. The first-order valence-electron chi connectivity index (χ1n) is 7.47. The van der Waals surface area contributed by atoms with Crippen molar-refractivity contribution in [3.63, 3.8) is 0 Å². The van der Waals surface area contributed by atoms with E-state index >= 15 is 0 Å². The van der Waals surface area contributed by atoms with Crippen LogP contribution in [0.1, 0.15) is 31.6 Å². The van der Waals surface area contributed by atoms with E-state index in [-0.39, 0.29) is 11.7 Å². The van der Waals surface area contributed by atoms with Crippen LogP contribution >= 0.6 is 0 Å². The van der Waals surface area contributed by atoms with E-state index in [2.05, 4.69) is 10.1 Å². The molecule has 0 unspecified atom stereocenters. The van der Waals surface area contributed by atoms with Gasteiger partial charge in [-0.1, -0.05) is 48.8 Å². The van der Waals surface area contributed by atoms with Gasteiger partial charge in [0.05, 0.1) is 11.7 Å². The van der Waals surface area contributed by atoms with Gasteiger partial charge in [0.1, 0.15) is 0 Å². The van der Waals surface area contributed by atoms with Gasteiger partial charge in [-0.25, -0.2) is 12.7 Å². The first-order valence-corrected chi connectivity index (χ1v) is 9.08. The van der Waals surface area contributed by atoms with Crippen molar-refractivity contribution in [1.29, 1.82) is 0 Å². The topological polar surface area (TPSA) is 76.3 Å². The number of aromatic nitrogens is 2. The Bertz CT molecular complexity index is 722. The number of hydrogen-bond donors (Lipinski definition) is 0. The summed E-state index contributed by atoms with van der Waals surface area (Å²) < 4.78 is 30.9. The molecule has 0 saturated carbocycles. The van der Waals surface area contributed by atoms with Gasteiger partial charge in [0.25, 0.3) is 0 Å². The number of sulfonamides is 1. The van der Waals surface area contributed by atoms with Crippen LogP contribution in [0.25, 0.3) is 11.4 Å². The highest BCUT2D eigenvalue weighted by molar-refractivity contribution is 7.89. The van der Waals surface area contributed by atoms with Gasteiger partial charge in [-0.05, 0) is 6.42 Å². The van der Waals surface area contributed by atoms with Gasteiger partial charge in [-0.3, -0.25) is 0 Å². The third kappa shape index (κ3) is 3.05. The molecule has 1 aliphatic rings. The molecule has 1 fully saturated rings. The molecule has 3 rings (SSSR count). The molecule has 0 amide bonds. The van der Waals surface area contributed by atoms with E-state index in [1.54, 1.807) is 0 Å². The molecule has 0 bridgehead atoms. The number of nitrogens with zero attached hydrogens (tertiary/aromatic N) is 3.